The van der Waals surface area contributed by atoms with E-state index >= 15 is 0 Å². The number of rotatable bonds is 2. The molecule has 0 radical (unpaired) electrons. The highest BCUT2D eigenvalue weighted by Crippen LogP contribution is 2.38. The normalized spacial score (nSPS) is 11.9. The summed E-state index contributed by atoms with van der Waals surface area (Å²) in [6.45, 7) is 0. The molecule has 2 aromatic carbocycles. The van der Waals surface area contributed by atoms with Gasteiger partial charge < -0.3 is 10.1 Å². The minimum atomic E-state index is -4.78. The predicted octanol–water partition coefficient (Wildman–Crippen LogP) is 4.73. The molecule has 2 heterocycles. The molecule has 0 spiro atoms. The number of phenols is 1. The van der Waals surface area contributed by atoms with E-state index < -0.39 is 17.4 Å². The van der Waals surface area contributed by atoms with Gasteiger partial charge >= 0.3 is 6.18 Å². The summed E-state index contributed by atoms with van der Waals surface area (Å²) in [6, 6.07) is 11.8. The van der Waals surface area contributed by atoms with E-state index in [0.717, 1.165) is 0 Å². The number of halogens is 4. The SMILES string of the molecule is O=c1c(-c2ccccc2O)c[nH]c2c(-c3ccc(Cl)cc3)c(C(F)(F)F)nn12. The van der Waals surface area contributed by atoms with Crippen LogP contribution in [0.25, 0.3) is 27.9 Å². The van der Waals surface area contributed by atoms with Crippen molar-refractivity contribution in [1.82, 2.24) is 14.6 Å². The molecule has 0 aliphatic rings. The minimum Gasteiger partial charge on any atom is -0.507 e. The highest BCUT2D eigenvalue weighted by molar-refractivity contribution is 6.30. The highest BCUT2D eigenvalue weighted by atomic mass is 35.5. The van der Waals surface area contributed by atoms with Gasteiger partial charge in [0, 0.05) is 16.8 Å². The molecule has 9 heteroatoms. The van der Waals surface area contributed by atoms with Gasteiger partial charge in [0.2, 0.25) is 0 Å². The third-order valence-corrected chi connectivity index (χ3v) is 4.51. The Morgan fingerprint density at radius 1 is 1.04 bits per heavy atom. The molecule has 0 fully saturated rings. The second-order valence-corrected chi connectivity index (χ2v) is 6.45. The molecule has 0 saturated carbocycles. The third kappa shape index (κ3) is 2.91. The number of aromatic hydroxyl groups is 1. The lowest BCUT2D eigenvalue weighted by Crippen LogP contribution is -2.18. The number of aromatic amines is 1. The van der Waals surface area contributed by atoms with Crippen molar-refractivity contribution in [3.63, 3.8) is 0 Å². The summed E-state index contributed by atoms with van der Waals surface area (Å²) in [5.74, 6) is -0.173. The second kappa shape index (κ2) is 6.42. The van der Waals surface area contributed by atoms with Crippen molar-refractivity contribution in [2.24, 2.45) is 0 Å². The van der Waals surface area contributed by atoms with Crippen LogP contribution in [0.2, 0.25) is 5.02 Å². The molecular formula is C19H11ClF3N3O2. The number of hydrogen-bond acceptors (Lipinski definition) is 3. The summed E-state index contributed by atoms with van der Waals surface area (Å²) in [5, 5.41) is 13.9. The fourth-order valence-electron chi connectivity index (χ4n) is 3.00. The first-order valence-corrected chi connectivity index (χ1v) is 8.41. The predicted molar refractivity (Wildman–Crippen MR) is 98.4 cm³/mol. The zero-order valence-corrected chi connectivity index (χ0v) is 14.7. The molecule has 28 heavy (non-hydrogen) atoms. The quantitative estimate of drug-likeness (QED) is 0.506. The van der Waals surface area contributed by atoms with E-state index in [9.17, 15) is 23.1 Å². The molecule has 0 aliphatic carbocycles. The monoisotopic (exact) mass is 405 g/mol. The standard InChI is InChI=1S/C19H11ClF3N3O2/c20-11-7-5-10(6-8-11)15-16(19(21,22)23)25-26-17(15)24-9-13(18(26)28)12-3-1-2-4-14(12)27/h1-9,24,27H. The van der Waals surface area contributed by atoms with Gasteiger partial charge in [0.15, 0.2) is 5.69 Å². The fourth-order valence-corrected chi connectivity index (χ4v) is 3.12. The summed E-state index contributed by atoms with van der Waals surface area (Å²) in [5.41, 5.74) is -1.98. The molecule has 0 atom stereocenters. The number of fused-ring (bicyclic) bond motifs is 1. The van der Waals surface area contributed by atoms with Crippen molar-refractivity contribution in [3.8, 4) is 28.0 Å². The molecular weight excluding hydrogens is 395 g/mol. The third-order valence-electron chi connectivity index (χ3n) is 4.26. The summed E-state index contributed by atoms with van der Waals surface area (Å²) in [7, 11) is 0. The van der Waals surface area contributed by atoms with E-state index in [2.05, 4.69) is 10.1 Å². The molecule has 0 bridgehead atoms. The zero-order valence-electron chi connectivity index (χ0n) is 14.0. The maximum Gasteiger partial charge on any atom is 0.435 e. The first kappa shape index (κ1) is 18.1. The average molecular weight is 406 g/mol. The molecule has 0 amide bonds. The molecule has 0 saturated heterocycles. The molecule has 0 unspecified atom stereocenters. The van der Waals surface area contributed by atoms with E-state index in [0.29, 0.717) is 9.54 Å². The van der Waals surface area contributed by atoms with Crippen LogP contribution in [0, 0.1) is 0 Å². The van der Waals surface area contributed by atoms with E-state index in [1.165, 1.54) is 42.6 Å². The largest absolute Gasteiger partial charge is 0.507 e. The molecule has 2 N–H and O–H groups in total. The van der Waals surface area contributed by atoms with Crippen LogP contribution in [0.4, 0.5) is 13.2 Å². The van der Waals surface area contributed by atoms with Crippen LogP contribution in [-0.2, 0) is 6.18 Å². The minimum absolute atomic E-state index is 0.00974. The van der Waals surface area contributed by atoms with Gasteiger partial charge in [-0.3, -0.25) is 4.79 Å². The van der Waals surface area contributed by atoms with Gasteiger partial charge in [-0.2, -0.15) is 22.8 Å². The van der Waals surface area contributed by atoms with Gasteiger partial charge in [-0.25, -0.2) is 0 Å². The maximum atomic E-state index is 13.6. The van der Waals surface area contributed by atoms with Gasteiger partial charge in [0.05, 0.1) is 11.1 Å². The Kier molecular flexibility index (Phi) is 4.15. The molecule has 4 aromatic rings. The van der Waals surface area contributed by atoms with Crippen LogP contribution in [-0.4, -0.2) is 19.7 Å². The molecule has 142 valence electrons. The van der Waals surface area contributed by atoms with Gasteiger partial charge in [-0.1, -0.05) is 41.9 Å². The van der Waals surface area contributed by atoms with Gasteiger partial charge in [-0.05, 0) is 23.8 Å². The Bertz CT molecular complexity index is 1240. The number of hydrogen-bond donors (Lipinski definition) is 2. The Balaban J connectivity index is 2.05. The lowest BCUT2D eigenvalue weighted by Gasteiger charge is -2.07. The average Bonchev–Trinajstić information content (AvgIpc) is 3.04. The number of para-hydroxylation sites is 1. The molecule has 2 aromatic heterocycles. The topological polar surface area (TPSA) is 70.4 Å². The second-order valence-electron chi connectivity index (χ2n) is 6.01. The van der Waals surface area contributed by atoms with Gasteiger partial charge in [0.1, 0.15) is 11.4 Å². The number of H-pyrrole nitrogens is 1. The van der Waals surface area contributed by atoms with E-state index in [1.54, 1.807) is 12.1 Å². The van der Waals surface area contributed by atoms with Crippen molar-refractivity contribution in [3.05, 3.63) is 75.8 Å². The van der Waals surface area contributed by atoms with E-state index in [1.807, 2.05) is 0 Å². The van der Waals surface area contributed by atoms with Crippen LogP contribution in [0.1, 0.15) is 5.69 Å². The van der Waals surface area contributed by atoms with E-state index in [-0.39, 0.29) is 33.7 Å². The summed E-state index contributed by atoms with van der Waals surface area (Å²) in [6.07, 6.45) is -3.52. The van der Waals surface area contributed by atoms with Crippen molar-refractivity contribution >= 4 is 17.2 Å². The maximum absolute atomic E-state index is 13.6. The van der Waals surface area contributed by atoms with Crippen molar-refractivity contribution in [2.75, 3.05) is 0 Å². The Morgan fingerprint density at radius 2 is 1.71 bits per heavy atom. The Labute approximate surface area is 160 Å². The number of nitrogens with zero attached hydrogens (tertiary/aromatic N) is 2. The van der Waals surface area contributed by atoms with E-state index in [4.69, 9.17) is 11.6 Å². The summed E-state index contributed by atoms with van der Waals surface area (Å²) >= 11 is 5.83. The first-order chi connectivity index (χ1) is 13.3. The van der Waals surface area contributed by atoms with Crippen LogP contribution in [0.5, 0.6) is 5.75 Å². The van der Waals surface area contributed by atoms with Crippen LogP contribution >= 0.6 is 11.6 Å². The van der Waals surface area contributed by atoms with Crippen LogP contribution in [0.3, 0.4) is 0 Å². The van der Waals surface area contributed by atoms with Crippen LogP contribution < -0.4 is 5.56 Å². The molecule has 0 aliphatic heterocycles. The Hall–Kier alpha value is -3.26. The van der Waals surface area contributed by atoms with Crippen molar-refractivity contribution in [1.29, 1.82) is 0 Å². The number of aromatic nitrogens is 3. The zero-order chi connectivity index (χ0) is 20.1. The smallest absolute Gasteiger partial charge is 0.435 e. The summed E-state index contributed by atoms with van der Waals surface area (Å²) in [4.78, 5) is 15.6. The lowest BCUT2D eigenvalue weighted by molar-refractivity contribution is -0.140. The fraction of sp³-hybridized carbons (Fsp3) is 0.0526. The Morgan fingerprint density at radius 3 is 2.36 bits per heavy atom. The highest BCUT2D eigenvalue weighted by Gasteiger charge is 2.39. The lowest BCUT2D eigenvalue weighted by atomic mass is 10.1. The molecule has 4 rings (SSSR count). The van der Waals surface area contributed by atoms with Crippen molar-refractivity contribution in [2.45, 2.75) is 6.18 Å². The first-order valence-electron chi connectivity index (χ1n) is 8.03. The number of nitrogens with one attached hydrogen (secondary N) is 1. The molecule has 5 nitrogen and oxygen atoms in total. The number of benzene rings is 2. The van der Waals surface area contributed by atoms with Crippen molar-refractivity contribution < 1.29 is 18.3 Å². The van der Waals surface area contributed by atoms with Gasteiger partial charge in [0.25, 0.3) is 5.56 Å². The number of alkyl halides is 3. The van der Waals surface area contributed by atoms with Gasteiger partial charge in [-0.15, -0.1) is 0 Å². The number of phenolic OH excluding ortho intramolecular Hbond substituents is 1. The summed E-state index contributed by atoms with van der Waals surface area (Å²) < 4.78 is 41.5. The van der Waals surface area contributed by atoms with Crippen LogP contribution in [0.15, 0.2) is 59.5 Å².